The van der Waals surface area contributed by atoms with E-state index in [1.807, 2.05) is 30.3 Å². The molecule has 0 N–H and O–H groups in total. The Labute approximate surface area is 285 Å². The van der Waals surface area contributed by atoms with Crippen LogP contribution in [0.25, 0.3) is 70.9 Å². The monoisotopic (exact) mass is 632 g/mol. The predicted molar refractivity (Wildman–Crippen MR) is 205 cm³/mol. The molecule has 0 radical (unpaired) electrons. The maximum Gasteiger partial charge on any atom is 0.128 e. The van der Waals surface area contributed by atoms with Crippen molar-refractivity contribution in [3.8, 4) is 28.3 Å². The molecule has 1 aliphatic rings. The van der Waals surface area contributed by atoms with E-state index >= 15 is 0 Å². The molecular formula is C46H36N2O. The average Bonchev–Trinajstić information content (AvgIpc) is 3.50. The van der Waals surface area contributed by atoms with Gasteiger partial charge in [0.05, 0.1) is 16.7 Å². The Hall–Kier alpha value is -5.67. The van der Waals surface area contributed by atoms with E-state index in [1.54, 1.807) is 0 Å². The first-order valence-electron chi connectivity index (χ1n) is 17.2. The molecule has 3 nitrogen and oxygen atoms in total. The molecule has 0 atom stereocenters. The van der Waals surface area contributed by atoms with Crippen molar-refractivity contribution < 1.29 is 4.74 Å². The number of rotatable bonds is 3. The highest BCUT2D eigenvalue weighted by atomic mass is 16.5. The molecular weight excluding hydrogens is 597 g/mol. The van der Waals surface area contributed by atoms with Crippen molar-refractivity contribution in [2.24, 2.45) is 0 Å². The minimum absolute atomic E-state index is 0.116. The highest BCUT2D eigenvalue weighted by Gasteiger charge is 2.37. The van der Waals surface area contributed by atoms with Crippen LogP contribution in [0, 0.1) is 27.7 Å². The van der Waals surface area contributed by atoms with Gasteiger partial charge < -0.3 is 9.30 Å². The number of aryl methyl sites for hydroxylation is 4. The summed E-state index contributed by atoms with van der Waals surface area (Å²) in [6.07, 6.45) is 2.10. The van der Waals surface area contributed by atoms with Crippen LogP contribution in [-0.2, 0) is 5.41 Å². The molecule has 0 bridgehead atoms. The van der Waals surface area contributed by atoms with E-state index in [1.165, 1.54) is 98.8 Å². The summed E-state index contributed by atoms with van der Waals surface area (Å²) in [6, 6.07) is 37.8. The molecule has 0 unspecified atom stereocenters. The average molecular weight is 633 g/mol. The van der Waals surface area contributed by atoms with Crippen molar-refractivity contribution >= 4 is 54.1 Å². The first-order chi connectivity index (χ1) is 23.7. The molecule has 236 valence electrons. The van der Waals surface area contributed by atoms with Gasteiger partial charge in [-0.1, -0.05) is 74.0 Å². The lowest BCUT2D eigenvalue weighted by Gasteiger charge is -2.22. The van der Waals surface area contributed by atoms with Crippen molar-refractivity contribution in [1.82, 2.24) is 9.55 Å². The number of hydrogen-bond acceptors (Lipinski definition) is 2. The summed E-state index contributed by atoms with van der Waals surface area (Å²) in [7, 11) is 0. The Morgan fingerprint density at radius 3 is 2.10 bits per heavy atom. The summed E-state index contributed by atoms with van der Waals surface area (Å²) >= 11 is 0. The summed E-state index contributed by atoms with van der Waals surface area (Å²) in [5.41, 5.74) is 13.8. The van der Waals surface area contributed by atoms with Gasteiger partial charge in [0.2, 0.25) is 0 Å². The third-order valence-electron chi connectivity index (χ3n) is 11.1. The maximum atomic E-state index is 6.39. The first-order valence-corrected chi connectivity index (χ1v) is 17.2. The third kappa shape index (κ3) is 3.82. The smallest absolute Gasteiger partial charge is 0.128 e. The Morgan fingerprint density at radius 2 is 1.33 bits per heavy atom. The quantitative estimate of drug-likeness (QED) is 0.181. The molecule has 0 saturated heterocycles. The molecule has 2 heterocycles. The summed E-state index contributed by atoms with van der Waals surface area (Å²) in [5, 5.41) is 10.2. The lowest BCUT2D eigenvalue weighted by Crippen LogP contribution is -2.15. The second-order valence-corrected chi connectivity index (χ2v) is 14.7. The Kier molecular flexibility index (Phi) is 5.61. The van der Waals surface area contributed by atoms with E-state index in [2.05, 4.69) is 125 Å². The minimum atomic E-state index is -0.116. The van der Waals surface area contributed by atoms with E-state index in [0.29, 0.717) is 0 Å². The van der Waals surface area contributed by atoms with Gasteiger partial charge in [-0.05, 0) is 137 Å². The Balaban J connectivity index is 1.35. The number of pyridine rings is 1. The number of benzene rings is 7. The van der Waals surface area contributed by atoms with Crippen LogP contribution in [0.2, 0.25) is 0 Å². The Bertz CT molecular complexity index is 2830. The van der Waals surface area contributed by atoms with Gasteiger partial charge in [0, 0.05) is 33.5 Å². The van der Waals surface area contributed by atoms with Crippen molar-refractivity contribution in [1.29, 1.82) is 0 Å². The second kappa shape index (κ2) is 9.70. The maximum absolute atomic E-state index is 6.39. The molecule has 0 saturated carbocycles. The van der Waals surface area contributed by atoms with Crippen LogP contribution in [0.1, 0.15) is 47.4 Å². The van der Waals surface area contributed by atoms with Gasteiger partial charge in [-0.2, -0.15) is 0 Å². The number of aromatic nitrogens is 2. The van der Waals surface area contributed by atoms with Gasteiger partial charge in [-0.15, -0.1) is 0 Å². The molecule has 2 aromatic heterocycles. The highest BCUT2D eigenvalue weighted by Crippen LogP contribution is 2.54. The number of ether oxygens (including phenoxy) is 1. The van der Waals surface area contributed by atoms with Crippen LogP contribution in [0.5, 0.6) is 11.5 Å². The lowest BCUT2D eigenvalue weighted by molar-refractivity contribution is 0.483. The van der Waals surface area contributed by atoms with E-state index in [-0.39, 0.29) is 5.41 Å². The van der Waals surface area contributed by atoms with Crippen LogP contribution in [0.15, 0.2) is 109 Å². The summed E-state index contributed by atoms with van der Waals surface area (Å²) in [6.45, 7) is 13.5. The zero-order chi connectivity index (χ0) is 33.3. The molecule has 3 heteroatoms. The number of nitrogens with zero attached hydrogens (tertiary/aromatic N) is 2. The number of para-hydroxylation sites is 1. The predicted octanol–water partition coefficient (Wildman–Crippen LogP) is 12.4. The molecule has 0 aliphatic heterocycles. The standard InChI is InChI=1S/C46H36N2O/c1-25-18-26(2)44(27(3)19-25)48-40-17-14-32(49-31-10-8-7-9-11-31)23-35(40)36-21-29-12-13-30-22-38-43(33-15-16-34(45(36)48)42(29)41(30)33)37-20-28(4)47-24-39(37)46(38,5)6/h7-24H,1-6H3. The largest absolute Gasteiger partial charge is 0.457 e. The van der Waals surface area contributed by atoms with Gasteiger partial charge in [0.15, 0.2) is 0 Å². The van der Waals surface area contributed by atoms with E-state index < -0.39 is 0 Å². The topological polar surface area (TPSA) is 27.1 Å². The molecule has 1 aliphatic carbocycles. The zero-order valence-corrected chi connectivity index (χ0v) is 28.7. The van der Waals surface area contributed by atoms with Crippen LogP contribution >= 0.6 is 0 Å². The number of fused-ring (bicyclic) bond motifs is 8. The van der Waals surface area contributed by atoms with E-state index in [4.69, 9.17) is 9.72 Å². The van der Waals surface area contributed by atoms with Crippen molar-refractivity contribution in [2.75, 3.05) is 0 Å². The van der Waals surface area contributed by atoms with Gasteiger partial charge in [-0.3, -0.25) is 4.98 Å². The number of hydrogen-bond donors (Lipinski definition) is 0. The fourth-order valence-corrected chi connectivity index (χ4v) is 9.07. The lowest BCUT2D eigenvalue weighted by atomic mass is 9.81. The normalized spacial score (nSPS) is 13.7. The SMILES string of the molecule is Cc1cc(C)c(-n2c3ccc(Oc4ccccc4)cc3c3cc4ccc5cc6c(c7ccc(c4c57)c32)-c2cc(C)ncc2C6(C)C)c(C)c1. The molecule has 0 amide bonds. The molecule has 7 aromatic carbocycles. The molecule has 49 heavy (non-hydrogen) atoms. The van der Waals surface area contributed by atoms with E-state index in [9.17, 15) is 0 Å². The van der Waals surface area contributed by atoms with Crippen molar-refractivity contribution in [2.45, 2.75) is 47.0 Å². The Morgan fingerprint density at radius 1 is 0.612 bits per heavy atom. The summed E-state index contributed by atoms with van der Waals surface area (Å²) in [4.78, 5) is 4.73. The van der Waals surface area contributed by atoms with Crippen LogP contribution in [0.3, 0.4) is 0 Å². The van der Waals surface area contributed by atoms with Crippen LogP contribution < -0.4 is 4.74 Å². The minimum Gasteiger partial charge on any atom is -0.457 e. The fraction of sp³-hybridized carbons (Fsp3) is 0.152. The third-order valence-corrected chi connectivity index (χ3v) is 11.1. The van der Waals surface area contributed by atoms with E-state index in [0.717, 1.165) is 17.2 Å². The molecule has 9 aromatic rings. The zero-order valence-electron chi connectivity index (χ0n) is 28.7. The second-order valence-electron chi connectivity index (χ2n) is 14.7. The molecule has 0 spiro atoms. The van der Waals surface area contributed by atoms with Crippen molar-refractivity contribution in [3.63, 3.8) is 0 Å². The molecule has 0 fully saturated rings. The van der Waals surface area contributed by atoms with Crippen molar-refractivity contribution in [3.05, 3.63) is 143 Å². The van der Waals surface area contributed by atoms with Gasteiger partial charge in [0.1, 0.15) is 11.5 Å². The highest BCUT2D eigenvalue weighted by molar-refractivity contribution is 6.33. The van der Waals surface area contributed by atoms with Crippen LogP contribution in [0.4, 0.5) is 0 Å². The summed E-state index contributed by atoms with van der Waals surface area (Å²) in [5.74, 6) is 1.67. The van der Waals surface area contributed by atoms with Gasteiger partial charge >= 0.3 is 0 Å². The first kappa shape index (κ1) is 28.4. The van der Waals surface area contributed by atoms with Gasteiger partial charge in [0.25, 0.3) is 0 Å². The molecule has 10 rings (SSSR count). The fourth-order valence-electron chi connectivity index (χ4n) is 9.07. The summed E-state index contributed by atoms with van der Waals surface area (Å²) < 4.78 is 8.91. The van der Waals surface area contributed by atoms with Gasteiger partial charge in [-0.25, -0.2) is 0 Å². The van der Waals surface area contributed by atoms with Crippen LogP contribution in [-0.4, -0.2) is 9.55 Å².